The van der Waals surface area contributed by atoms with Crippen molar-refractivity contribution >= 4 is 24.0 Å². The molecular formula is C7H8IOZn-. The average Bonchev–Trinajstić information content (AvgIpc) is 1.90. The molecule has 3 heteroatoms. The quantitative estimate of drug-likeness (QED) is 0.438. The molecule has 0 spiro atoms. The Balaban J connectivity index is 0. The molecule has 0 heterocycles. The molecule has 1 aromatic rings. The number of benzene rings is 1. The van der Waals surface area contributed by atoms with E-state index in [1.54, 1.807) is 7.11 Å². The number of halogens is 1. The fourth-order valence-electron chi connectivity index (χ4n) is 0.508. The first-order valence-electron chi connectivity index (χ1n) is 2.43. The van der Waals surface area contributed by atoms with Crippen LogP contribution in [0, 0.1) is 6.07 Å². The van der Waals surface area contributed by atoms with Gasteiger partial charge in [0.05, 0.1) is 7.11 Å². The summed E-state index contributed by atoms with van der Waals surface area (Å²) in [5, 5.41) is 0. The van der Waals surface area contributed by atoms with Gasteiger partial charge in [-0.25, -0.2) is 0 Å². The second-order valence-electron chi connectivity index (χ2n) is 1.44. The third-order valence-electron chi connectivity index (χ3n) is 0.923. The Kier molecular flexibility index (Phi) is 9.72. The molecule has 0 amide bonds. The molecule has 0 aromatic heterocycles. The summed E-state index contributed by atoms with van der Waals surface area (Å²) in [6.07, 6.45) is 0. The molecule has 52 valence electrons. The summed E-state index contributed by atoms with van der Waals surface area (Å²) >= 11 is 0. The number of rotatable bonds is 1. The summed E-state index contributed by atoms with van der Waals surface area (Å²) in [6.45, 7) is 0. The molecule has 0 radical (unpaired) electrons. The van der Waals surface area contributed by atoms with Gasteiger partial charge in [0, 0.05) is 25.2 Å². The molecule has 0 N–H and O–H groups in total. The van der Waals surface area contributed by atoms with Gasteiger partial charge in [0.2, 0.25) is 0 Å². The van der Waals surface area contributed by atoms with Gasteiger partial charge in [0.25, 0.3) is 0 Å². The standard InChI is InChI=1S/C7H7O.HI.Zn/c1-8-7-5-3-2-4-6-7;;/h3-6H,1H3;1H;/q-1;;. The van der Waals surface area contributed by atoms with E-state index in [1.807, 2.05) is 24.3 Å². The van der Waals surface area contributed by atoms with Crippen molar-refractivity contribution in [3.05, 3.63) is 30.3 Å². The average molecular weight is 300 g/mol. The van der Waals surface area contributed by atoms with Crippen LogP contribution in [0.2, 0.25) is 0 Å². The van der Waals surface area contributed by atoms with Crippen LogP contribution in [0.1, 0.15) is 0 Å². The summed E-state index contributed by atoms with van der Waals surface area (Å²) in [6, 6.07) is 10.2. The fraction of sp³-hybridized carbons (Fsp3) is 0.143. The van der Waals surface area contributed by atoms with Crippen LogP contribution in [0.25, 0.3) is 0 Å². The minimum Gasteiger partial charge on any atom is -0.522 e. The zero-order valence-corrected chi connectivity index (χ0v) is 11.1. The van der Waals surface area contributed by atoms with E-state index in [-0.39, 0.29) is 43.5 Å². The molecular weight excluding hydrogens is 292 g/mol. The van der Waals surface area contributed by atoms with E-state index in [2.05, 4.69) is 6.07 Å². The molecule has 0 saturated heterocycles. The smallest absolute Gasteiger partial charge is 0.0743 e. The summed E-state index contributed by atoms with van der Waals surface area (Å²) in [5.41, 5.74) is 0. The second-order valence-corrected chi connectivity index (χ2v) is 1.44. The zero-order valence-electron chi connectivity index (χ0n) is 5.83. The Labute approximate surface area is 90.9 Å². The molecule has 0 fully saturated rings. The topological polar surface area (TPSA) is 9.23 Å². The maximum absolute atomic E-state index is 4.89. The molecule has 0 unspecified atom stereocenters. The van der Waals surface area contributed by atoms with Gasteiger partial charge in [-0.05, 0) is 0 Å². The van der Waals surface area contributed by atoms with Crippen LogP contribution >= 0.6 is 24.0 Å². The first kappa shape index (κ1) is 13.0. The van der Waals surface area contributed by atoms with Crippen LogP contribution in [0.15, 0.2) is 24.3 Å². The van der Waals surface area contributed by atoms with Gasteiger partial charge in [-0.2, -0.15) is 18.2 Å². The molecule has 0 aliphatic carbocycles. The van der Waals surface area contributed by atoms with Crippen LogP contribution in [0.3, 0.4) is 0 Å². The van der Waals surface area contributed by atoms with Gasteiger partial charge in [0.1, 0.15) is 0 Å². The summed E-state index contributed by atoms with van der Waals surface area (Å²) in [5.74, 6) is 0.878. The van der Waals surface area contributed by atoms with Gasteiger partial charge < -0.3 is 4.74 Å². The summed E-state index contributed by atoms with van der Waals surface area (Å²) in [4.78, 5) is 0. The summed E-state index contributed by atoms with van der Waals surface area (Å²) < 4.78 is 4.89. The molecule has 1 rings (SSSR count). The van der Waals surface area contributed by atoms with Crippen molar-refractivity contribution < 1.29 is 24.2 Å². The third kappa shape index (κ3) is 4.23. The predicted octanol–water partition coefficient (Wildman–Crippen LogP) is 2.11. The van der Waals surface area contributed by atoms with Crippen LogP contribution in [-0.4, -0.2) is 7.11 Å². The second kappa shape index (κ2) is 7.48. The Bertz CT molecular complexity index is 155. The Morgan fingerprint density at radius 1 is 1.30 bits per heavy atom. The molecule has 0 atom stereocenters. The maximum Gasteiger partial charge on any atom is 0.0743 e. The van der Waals surface area contributed by atoms with E-state index in [4.69, 9.17) is 4.74 Å². The normalized spacial score (nSPS) is 6.90. The first-order valence-corrected chi connectivity index (χ1v) is 2.43. The number of hydrogen-bond acceptors (Lipinski definition) is 1. The van der Waals surface area contributed by atoms with E-state index in [9.17, 15) is 0 Å². The minimum absolute atomic E-state index is 0. The third-order valence-corrected chi connectivity index (χ3v) is 0.923. The Morgan fingerprint density at radius 2 is 1.80 bits per heavy atom. The number of ether oxygens (including phenoxy) is 1. The van der Waals surface area contributed by atoms with Crippen molar-refractivity contribution in [1.82, 2.24) is 0 Å². The Hall–Kier alpha value is 0.373. The first-order chi connectivity index (χ1) is 3.93. The fourth-order valence-corrected chi connectivity index (χ4v) is 0.508. The molecule has 1 nitrogen and oxygen atoms in total. The molecule has 1 aromatic carbocycles. The van der Waals surface area contributed by atoms with Gasteiger partial charge >= 0.3 is 0 Å². The van der Waals surface area contributed by atoms with Crippen molar-refractivity contribution in [2.45, 2.75) is 0 Å². The monoisotopic (exact) mass is 299 g/mol. The number of hydrogen-bond donors (Lipinski definition) is 0. The SMILES string of the molecule is COc1cc[c-]cc1.I.[Zn]. The summed E-state index contributed by atoms with van der Waals surface area (Å²) in [7, 11) is 1.65. The van der Waals surface area contributed by atoms with Crippen molar-refractivity contribution in [1.29, 1.82) is 0 Å². The van der Waals surface area contributed by atoms with Crippen molar-refractivity contribution in [3.8, 4) is 5.75 Å². The van der Waals surface area contributed by atoms with Gasteiger partial charge in [0.15, 0.2) is 0 Å². The molecule has 0 bridgehead atoms. The van der Waals surface area contributed by atoms with Gasteiger partial charge in [-0.1, -0.05) is 0 Å². The van der Waals surface area contributed by atoms with Crippen LogP contribution in [-0.2, 0) is 19.5 Å². The Morgan fingerprint density at radius 3 is 2.10 bits per heavy atom. The predicted molar refractivity (Wildman–Crippen MR) is 47.2 cm³/mol. The number of methoxy groups -OCH3 is 1. The van der Waals surface area contributed by atoms with E-state index in [0.29, 0.717) is 0 Å². The van der Waals surface area contributed by atoms with Crippen LogP contribution in [0.5, 0.6) is 5.75 Å². The molecule has 0 aliphatic rings. The molecule has 0 saturated carbocycles. The minimum atomic E-state index is 0. The van der Waals surface area contributed by atoms with E-state index < -0.39 is 0 Å². The van der Waals surface area contributed by atoms with Crippen molar-refractivity contribution in [3.63, 3.8) is 0 Å². The maximum atomic E-state index is 4.89. The zero-order chi connectivity index (χ0) is 5.82. The van der Waals surface area contributed by atoms with Crippen molar-refractivity contribution in [2.24, 2.45) is 0 Å². The van der Waals surface area contributed by atoms with Crippen molar-refractivity contribution in [2.75, 3.05) is 7.11 Å². The van der Waals surface area contributed by atoms with E-state index in [0.717, 1.165) is 5.75 Å². The van der Waals surface area contributed by atoms with E-state index >= 15 is 0 Å². The van der Waals surface area contributed by atoms with Gasteiger partial charge in [-0.15, -0.1) is 36.1 Å². The molecule has 0 aliphatic heterocycles. The van der Waals surface area contributed by atoms with Crippen LogP contribution < -0.4 is 4.74 Å². The molecule has 10 heavy (non-hydrogen) atoms. The van der Waals surface area contributed by atoms with Gasteiger partial charge in [-0.3, -0.25) is 0 Å². The van der Waals surface area contributed by atoms with E-state index in [1.165, 1.54) is 0 Å². The largest absolute Gasteiger partial charge is 0.522 e. The van der Waals surface area contributed by atoms with Crippen LogP contribution in [0.4, 0.5) is 0 Å².